The largest absolute Gasteiger partial charge is 0.352 e. The molecule has 0 aliphatic carbocycles. The summed E-state index contributed by atoms with van der Waals surface area (Å²) in [5.41, 5.74) is 6.80. The second-order valence-electron chi connectivity index (χ2n) is 4.28. The number of carbonyl (C=O) groups is 1. The van der Waals surface area contributed by atoms with Crippen molar-refractivity contribution in [3.63, 3.8) is 0 Å². The first-order valence-corrected chi connectivity index (χ1v) is 5.73. The lowest BCUT2D eigenvalue weighted by Gasteiger charge is -2.11. The van der Waals surface area contributed by atoms with E-state index in [2.05, 4.69) is 12.2 Å². The third kappa shape index (κ3) is 3.70. The van der Waals surface area contributed by atoms with Crippen LogP contribution in [-0.4, -0.2) is 16.5 Å². The van der Waals surface area contributed by atoms with Crippen LogP contribution in [0.1, 0.15) is 38.8 Å². The van der Waals surface area contributed by atoms with Crippen molar-refractivity contribution >= 4 is 5.91 Å². The molecule has 1 aromatic rings. The molecule has 0 saturated carbocycles. The van der Waals surface area contributed by atoms with Gasteiger partial charge < -0.3 is 15.6 Å². The van der Waals surface area contributed by atoms with Crippen LogP contribution in [0.3, 0.4) is 0 Å². The number of nitrogens with zero attached hydrogens (tertiary/aromatic N) is 1. The van der Waals surface area contributed by atoms with E-state index in [-0.39, 0.29) is 18.0 Å². The standard InChI is InChI=1S/C12H21N3O/c1-4-9(2)14-12(16)8-15-6-5-11(7-15)10(3)13/h5-7,9-10H,4,8,13H2,1-3H3,(H,14,16). The number of nitrogens with one attached hydrogen (secondary N) is 1. The summed E-state index contributed by atoms with van der Waals surface area (Å²) in [5.74, 6) is 0.0428. The molecule has 1 amide bonds. The molecule has 0 aromatic carbocycles. The zero-order chi connectivity index (χ0) is 12.1. The summed E-state index contributed by atoms with van der Waals surface area (Å²) < 4.78 is 1.86. The highest BCUT2D eigenvalue weighted by Crippen LogP contribution is 2.09. The third-order valence-electron chi connectivity index (χ3n) is 2.65. The molecule has 0 aliphatic rings. The summed E-state index contributed by atoms with van der Waals surface area (Å²) in [6.07, 6.45) is 4.75. The summed E-state index contributed by atoms with van der Waals surface area (Å²) in [4.78, 5) is 11.6. The van der Waals surface area contributed by atoms with E-state index in [0.717, 1.165) is 12.0 Å². The number of hydrogen-bond acceptors (Lipinski definition) is 2. The Morgan fingerprint density at radius 1 is 1.56 bits per heavy atom. The van der Waals surface area contributed by atoms with Crippen molar-refractivity contribution in [1.29, 1.82) is 0 Å². The molecular weight excluding hydrogens is 202 g/mol. The second-order valence-corrected chi connectivity index (χ2v) is 4.28. The summed E-state index contributed by atoms with van der Waals surface area (Å²) in [7, 11) is 0. The van der Waals surface area contributed by atoms with Crippen LogP contribution in [0.5, 0.6) is 0 Å². The van der Waals surface area contributed by atoms with Gasteiger partial charge >= 0.3 is 0 Å². The van der Waals surface area contributed by atoms with E-state index >= 15 is 0 Å². The fraction of sp³-hybridized carbons (Fsp3) is 0.583. The number of hydrogen-bond donors (Lipinski definition) is 2. The highest BCUT2D eigenvalue weighted by atomic mass is 16.2. The molecule has 1 rings (SSSR count). The molecule has 3 N–H and O–H groups in total. The van der Waals surface area contributed by atoms with Crippen molar-refractivity contribution in [1.82, 2.24) is 9.88 Å². The average molecular weight is 223 g/mol. The topological polar surface area (TPSA) is 60.0 Å². The van der Waals surface area contributed by atoms with Crippen LogP contribution < -0.4 is 11.1 Å². The van der Waals surface area contributed by atoms with Crippen molar-refractivity contribution in [3.8, 4) is 0 Å². The van der Waals surface area contributed by atoms with Crippen LogP contribution in [0.4, 0.5) is 0 Å². The molecule has 0 spiro atoms. The van der Waals surface area contributed by atoms with Crippen LogP contribution >= 0.6 is 0 Å². The van der Waals surface area contributed by atoms with E-state index in [1.54, 1.807) is 0 Å². The third-order valence-corrected chi connectivity index (χ3v) is 2.65. The molecular formula is C12H21N3O. The zero-order valence-corrected chi connectivity index (χ0v) is 10.2. The van der Waals surface area contributed by atoms with E-state index in [1.807, 2.05) is 36.9 Å². The van der Waals surface area contributed by atoms with E-state index in [4.69, 9.17) is 5.73 Å². The zero-order valence-electron chi connectivity index (χ0n) is 10.2. The first-order chi connectivity index (χ1) is 7.52. The number of nitrogens with two attached hydrogens (primary N) is 1. The summed E-state index contributed by atoms with van der Waals surface area (Å²) >= 11 is 0. The Morgan fingerprint density at radius 2 is 2.25 bits per heavy atom. The number of amides is 1. The highest BCUT2D eigenvalue weighted by molar-refractivity contribution is 5.76. The van der Waals surface area contributed by atoms with Gasteiger partial charge in [0.1, 0.15) is 6.54 Å². The smallest absolute Gasteiger partial charge is 0.240 e. The van der Waals surface area contributed by atoms with Gasteiger partial charge in [-0.1, -0.05) is 6.92 Å². The normalized spacial score (nSPS) is 14.5. The van der Waals surface area contributed by atoms with Gasteiger partial charge in [-0.15, -0.1) is 0 Å². The van der Waals surface area contributed by atoms with Gasteiger partial charge in [-0.05, 0) is 31.9 Å². The molecule has 4 heteroatoms. The summed E-state index contributed by atoms with van der Waals surface area (Å²) in [5, 5.41) is 2.93. The Balaban J connectivity index is 2.50. The predicted octanol–water partition coefficient (Wildman–Crippen LogP) is 1.42. The maximum absolute atomic E-state index is 11.6. The van der Waals surface area contributed by atoms with E-state index in [9.17, 15) is 4.79 Å². The fourth-order valence-corrected chi connectivity index (χ4v) is 1.42. The van der Waals surface area contributed by atoms with Crippen LogP contribution in [0.25, 0.3) is 0 Å². The lowest BCUT2D eigenvalue weighted by atomic mass is 10.2. The molecule has 2 unspecified atom stereocenters. The molecule has 4 nitrogen and oxygen atoms in total. The van der Waals surface area contributed by atoms with E-state index in [0.29, 0.717) is 6.54 Å². The average Bonchev–Trinajstić information content (AvgIpc) is 2.65. The van der Waals surface area contributed by atoms with Crippen molar-refractivity contribution in [3.05, 3.63) is 24.0 Å². The van der Waals surface area contributed by atoms with Crippen molar-refractivity contribution in [2.45, 2.75) is 45.8 Å². The summed E-state index contributed by atoms with van der Waals surface area (Å²) in [6.45, 7) is 6.34. The van der Waals surface area contributed by atoms with Gasteiger partial charge in [0.05, 0.1) is 0 Å². The molecule has 16 heavy (non-hydrogen) atoms. The van der Waals surface area contributed by atoms with Crippen molar-refractivity contribution in [2.24, 2.45) is 5.73 Å². The fourth-order valence-electron chi connectivity index (χ4n) is 1.42. The molecule has 1 heterocycles. The van der Waals surface area contributed by atoms with Gasteiger partial charge in [0.2, 0.25) is 5.91 Å². The van der Waals surface area contributed by atoms with Gasteiger partial charge in [-0.3, -0.25) is 4.79 Å². The lowest BCUT2D eigenvalue weighted by molar-refractivity contribution is -0.122. The SMILES string of the molecule is CCC(C)NC(=O)Cn1ccc(C(C)N)c1. The molecule has 0 fully saturated rings. The first kappa shape index (κ1) is 12.8. The molecule has 0 aliphatic heterocycles. The maximum atomic E-state index is 11.6. The minimum Gasteiger partial charge on any atom is -0.352 e. The highest BCUT2D eigenvalue weighted by Gasteiger charge is 2.07. The van der Waals surface area contributed by atoms with Gasteiger partial charge in [0.15, 0.2) is 0 Å². The first-order valence-electron chi connectivity index (χ1n) is 5.73. The molecule has 0 bridgehead atoms. The monoisotopic (exact) mass is 223 g/mol. The second kappa shape index (κ2) is 5.70. The van der Waals surface area contributed by atoms with Gasteiger partial charge in [0, 0.05) is 24.5 Å². The Labute approximate surface area is 96.8 Å². The van der Waals surface area contributed by atoms with Crippen LogP contribution in [0.15, 0.2) is 18.5 Å². The van der Waals surface area contributed by atoms with Gasteiger partial charge in [-0.2, -0.15) is 0 Å². The molecule has 90 valence electrons. The minimum atomic E-state index is 0.0128. The number of aromatic nitrogens is 1. The van der Waals surface area contributed by atoms with Crippen molar-refractivity contribution in [2.75, 3.05) is 0 Å². The molecule has 2 atom stereocenters. The number of rotatable bonds is 5. The van der Waals surface area contributed by atoms with E-state index < -0.39 is 0 Å². The van der Waals surface area contributed by atoms with Crippen molar-refractivity contribution < 1.29 is 4.79 Å². The van der Waals surface area contributed by atoms with Crippen LogP contribution in [-0.2, 0) is 11.3 Å². The Hall–Kier alpha value is -1.29. The van der Waals surface area contributed by atoms with E-state index in [1.165, 1.54) is 0 Å². The Kier molecular flexibility index (Phi) is 4.55. The Morgan fingerprint density at radius 3 is 2.75 bits per heavy atom. The molecule has 1 aromatic heterocycles. The molecule has 0 saturated heterocycles. The van der Waals surface area contributed by atoms with Gasteiger partial charge in [0.25, 0.3) is 0 Å². The Bertz CT molecular complexity index is 344. The predicted molar refractivity (Wildman–Crippen MR) is 64.9 cm³/mol. The quantitative estimate of drug-likeness (QED) is 0.793. The van der Waals surface area contributed by atoms with Crippen LogP contribution in [0, 0.1) is 0 Å². The molecule has 0 radical (unpaired) electrons. The lowest BCUT2D eigenvalue weighted by Crippen LogP contribution is -2.34. The number of carbonyl (C=O) groups excluding carboxylic acids is 1. The van der Waals surface area contributed by atoms with Gasteiger partial charge in [-0.25, -0.2) is 0 Å². The maximum Gasteiger partial charge on any atom is 0.240 e. The minimum absolute atomic E-state index is 0.0128. The summed E-state index contributed by atoms with van der Waals surface area (Å²) in [6, 6.07) is 2.19. The van der Waals surface area contributed by atoms with Crippen LogP contribution in [0.2, 0.25) is 0 Å².